The second kappa shape index (κ2) is 9.14. The van der Waals surface area contributed by atoms with E-state index >= 15 is 0 Å². The number of nitrogens with one attached hydrogen (secondary N) is 2. The van der Waals surface area contributed by atoms with E-state index in [1.54, 1.807) is 18.2 Å². The van der Waals surface area contributed by atoms with E-state index in [9.17, 15) is 4.79 Å². The minimum absolute atomic E-state index is 0.126. The van der Waals surface area contributed by atoms with Gasteiger partial charge in [0.15, 0.2) is 0 Å². The van der Waals surface area contributed by atoms with Gasteiger partial charge in [-0.2, -0.15) is 0 Å². The predicted octanol–water partition coefficient (Wildman–Crippen LogP) is 4.81. The summed E-state index contributed by atoms with van der Waals surface area (Å²) in [6.45, 7) is 1.38. The Morgan fingerprint density at radius 2 is 1.57 bits per heavy atom. The Labute approximate surface area is 150 Å². The SMILES string of the molecule is O=C(CCNCCc1ccc(Cl)cc1)Nc1c(Cl)cccc1Cl. The molecule has 0 saturated heterocycles. The highest BCUT2D eigenvalue weighted by atomic mass is 35.5. The van der Waals surface area contributed by atoms with Crippen LogP contribution in [0, 0.1) is 0 Å². The first kappa shape index (κ1) is 18.1. The van der Waals surface area contributed by atoms with Crippen LogP contribution in [-0.2, 0) is 11.2 Å². The first-order valence-electron chi connectivity index (χ1n) is 7.25. The van der Waals surface area contributed by atoms with E-state index in [-0.39, 0.29) is 5.91 Å². The van der Waals surface area contributed by atoms with Gasteiger partial charge >= 0.3 is 0 Å². The third-order valence-corrected chi connectivity index (χ3v) is 4.14. The molecule has 0 aliphatic rings. The lowest BCUT2D eigenvalue weighted by atomic mass is 10.1. The van der Waals surface area contributed by atoms with Gasteiger partial charge in [-0.1, -0.05) is 53.0 Å². The summed E-state index contributed by atoms with van der Waals surface area (Å²) < 4.78 is 0. The summed E-state index contributed by atoms with van der Waals surface area (Å²) >= 11 is 17.9. The average molecular weight is 372 g/mol. The first-order chi connectivity index (χ1) is 11.1. The monoisotopic (exact) mass is 370 g/mol. The molecule has 1 amide bonds. The molecule has 3 nitrogen and oxygen atoms in total. The molecular formula is C17H17Cl3N2O. The van der Waals surface area contributed by atoms with Gasteiger partial charge < -0.3 is 10.6 Å². The Morgan fingerprint density at radius 3 is 2.22 bits per heavy atom. The number of para-hydroxylation sites is 1. The molecule has 0 fully saturated rings. The van der Waals surface area contributed by atoms with Crippen molar-refractivity contribution in [1.29, 1.82) is 0 Å². The van der Waals surface area contributed by atoms with Crippen LogP contribution in [0.3, 0.4) is 0 Å². The predicted molar refractivity (Wildman–Crippen MR) is 97.7 cm³/mol. The summed E-state index contributed by atoms with van der Waals surface area (Å²) in [7, 11) is 0. The van der Waals surface area contributed by atoms with Crippen molar-refractivity contribution in [2.24, 2.45) is 0 Å². The minimum Gasteiger partial charge on any atom is -0.324 e. The zero-order chi connectivity index (χ0) is 16.7. The van der Waals surface area contributed by atoms with E-state index in [1.807, 2.05) is 24.3 Å². The van der Waals surface area contributed by atoms with E-state index < -0.39 is 0 Å². The van der Waals surface area contributed by atoms with E-state index in [1.165, 1.54) is 5.56 Å². The summed E-state index contributed by atoms with van der Waals surface area (Å²) in [5.74, 6) is -0.126. The molecule has 0 saturated carbocycles. The number of hydrogen-bond acceptors (Lipinski definition) is 2. The van der Waals surface area contributed by atoms with Crippen LogP contribution in [0.5, 0.6) is 0 Å². The molecule has 0 heterocycles. The topological polar surface area (TPSA) is 41.1 Å². The second-order valence-electron chi connectivity index (χ2n) is 5.02. The highest BCUT2D eigenvalue weighted by Crippen LogP contribution is 2.29. The van der Waals surface area contributed by atoms with Gasteiger partial charge in [0.05, 0.1) is 15.7 Å². The number of amides is 1. The van der Waals surface area contributed by atoms with Crippen LogP contribution < -0.4 is 10.6 Å². The minimum atomic E-state index is -0.126. The van der Waals surface area contributed by atoms with Gasteiger partial charge in [0.1, 0.15) is 0 Å². The number of rotatable bonds is 7. The van der Waals surface area contributed by atoms with Crippen LogP contribution in [0.2, 0.25) is 15.1 Å². The number of halogens is 3. The van der Waals surface area contributed by atoms with Gasteiger partial charge in [0, 0.05) is 18.0 Å². The van der Waals surface area contributed by atoms with Gasteiger partial charge in [-0.05, 0) is 42.8 Å². The molecule has 2 aromatic carbocycles. The van der Waals surface area contributed by atoms with Crippen molar-refractivity contribution in [3.63, 3.8) is 0 Å². The van der Waals surface area contributed by atoms with E-state index in [4.69, 9.17) is 34.8 Å². The summed E-state index contributed by atoms with van der Waals surface area (Å²) in [5.41, 5.74) is 1.66. The molecule has 23 heavy (non-hydrogen) atoms. The molecule has 0 bridgehead atoms. The molecule has 0 aliphatic carbocycles. The summed E-state index contributed by atoms with van der Waals surface area (Å²) in [5, 5.41) is 7.57. The maximum absolute atomic E-state index is 11.9. The summed E-state index contributed by atoms with van der Waals surface area (Å²) in [4.78, 5) is 11.9. The molecule has 2 rings (SSSR count). The zero-order valence-electron chi connectivity index (χ0n) is 12.4. The van der Waals surface area contributed by atoms with Gasteiger partial charge in [0.25, 0.3) is 0 Å². The molecule has 0 unspecified atom stereocenters. The fourth-order valence-corrected chi connectivity index (χ4v) is 2.65. The Bertz CT molecular complexity index is 639. The molecule has 0 aromatic heterocycles. The third-order valence-electron chi connectivity index (χ3n) is 3.26. The van der Waals surface area contributed by atoms with Gasteiger partial charge in [-0.25, -0.2) is 0 Å². The lowest BCUT2D eigenvalue weighted by Gasteiger charge is -2.09. The summed E-state index contributed by atoms with van der Waals surface area (Å²) in [6.07, 6.45) is 1.23. The van der Waals surface area contributed by atoms with Crippen molar-refractivity contribution in [3.8, 4) is 0 Å². The molecule has 0 radical (unpaired) electrons. The van der Waals surface area contributed by atoms with Gasteiger partial charge in [-0.3, -0.25) is 4.79 Å². The highest BCUT2D eigenvalue weighted by molar-refractivity contribution is 6.39. The van der Waals surface area contributed by atoms with Crippen molar-refractivity contribution < 1.29 is 4.79 Å². The zero-order valence-corrected chi connectivity index (χ0v) is 14.7. The molecule has 2 aromatic rings. The normalized spacial score (nSPS) is 10.6. The van der Waals surface area contributed by atoms with Crippen molar-refractivity contribution in [2.75, 3.05) is 18.4 Å². The number of benzene rings is 2. The molecule has 0 atom stereocenters. The molecule has 122 valence electrons. The quantitative estimate of drug-likeness (QED) is 0.686. The van der Waals surface area contributed by atoms with Crippen molar-refractivity contribution in [1.82, 2.24) is 5.32 Å². The van der Waals surface area contributed by atoms with Crippen LogP contribution in [0.25, 0.3) is 0 Å². The van der Waals surface area contributed by atoms with Crippen molar-refractivity contribution >= 4 is 46.4 Å². The fourth-order valence-electron chi connectivity index (χ4n) is 2.03. The standard InChI is InChI=1S/C17H17Cl3N2O/c18-13-6-4-12(5-7-13)8-10-21-11-9-16(23)22-17-14(19)2-1-3-15(17)20/h1-7,21H,8-11H2,(H,22,23). The third kappa shape index (κ3) is 6.04. The maximum atomic E-state index is 11.9. The molecule has 0 aliphatic heterocycles. The Hall–Kier alpha value is -1.26. The number of anilines is 1. The number of carbonyl (C=O) groups excluding carboxylic acids is 1. The van der Waals surface area contributed by atoms with Gasteiger partial charge in [0.2, 0.25) is 5.91 Å². The molecular weight excluding hydrogens is 355 g/mol. The van der Waals surface area contributed by atoms with Crippen molar-refractivity contribution in [2.45, 2.75) is 12.8 Å². The molecule has 6 heteroatoms. The van der Waals surface area contributed by atoms with E-state index in [0.717, 1.165) is 18.0 Å². The lowest BCUT2D eigenvalue weighted by molar-refractivity contribution is -0.116. The smallest absolute Gasteiger partial charge is 0.225 e. The Balaban J connectivity index is 1.68. The maximum Gasteiger partial charge on any atom is 0.225 e. The van der Waals surface area contributed by atoms with Gasteiger partial charge in [-0.15, -0.1) is 0 Å². The Morgan fingerprint density at radius 1 is 0.913 bits per heavy atom. The van der Waals surface area contributed by atoms with Crippen LogP contribution in [0.1, 0.15) is 12.0 Å². The largest absolute Gasteiger partial charge is 0.324 e. The van der Waals surface area contributed by atoms with Crippen LogP contribution in [0.4, 0.5) is 5.69 Å². The van der Waals surface area contributed by atoms with Crippen LogP contribution >= 0.6 is 34.8 Å². The summed E-state index contributed by atoms with van der Waals surface area (Å²) in [6, 6.07) is 12.8. The van der Waals surface area contributed by atoms with E-state index in [0.29, 0.717) is 28.7 Å². The molecule has 0 spiro atoms. The van der Waals surface area contributed by atoms with E-state index in [2.05, 4.69) is 10.6 Å². The lowest BCUT2D eigenvalue weighted by Crippen LogP contribution is -2.23. The first-order valence-corrected chi connectivity index (χ1v) is 8.38. The highest BCUT2D eigenvalue weighted by Gasteiger charge is 2.09. The fraction of sp³-hybridized carbons (Fsp3) is 0.235. The second-order valence-corrected chi connectivity index (χ2v) is 6.27. The number of carbonyl (C=O) groups is 1. The van der Waals surface area contributed by atoms with Crippen LogP contribution in [0.15, 0.2) is 42.5 Å². The average Bonchev–Trinajstić information content (AvgIpc) is 2.52. The van der Waals surface area contributed by atoms with Crippen LogP contribution in [-0.4, -0.2) is 19.0 Å². The Kier molecular flexibility index (Phi) is 7.18. The molecule has 2 N–H and O–H groups in total. The van der Waals surface area contributed by atoms with Crippen molar-refractivity contribution in [3.05, 3.63) is 63.1 Å². The number of hydrogen-bond donors (Lipinski definition) is 2.